The Balaban J connectivity index is 1.27. The minimum atomic E-state index is -1.07. The summed E-state index contributed by atoms with van der Waals surface area (Å²) in [5, 5.41) is 19.0. The fourth-order valence-electron chi connectivity index (χ4n) is 7.48. The van der Waals surface area contributed by atoms with Gasteiger partial charge in [0.2, 0.25) is 41.4 Å². The molecule has 1 heterocycles. The van der Waals surface area contributed by atoms with E-state index in [1.54, 1.807) is 42.5 Å². The molecule has 0 bridgehead atoms. The van der Waals surface area contributed by atoms with Crippen molar-refractivity contribution in [1.82, 2.24) is 36.8 Å². The topological polar surface area (TPSA) is 267 Å². The van der Waals surface area contributed by atoms with Crippen LogP contribution in [0.5, 0.6) is 0 Å². The van der Waals surface area contributed by atoms with E-state index in [-0.39, 0.29) is 48.7 Å². The molecule has 2 aliphatic rings. The SMILES string of the molecule is CC(C)C[C@H](NC(=O)[C@H](C)NC(=O)[C@H](C)NC(=O)[C@@H](C)N)C(=O)NCC(=O)N[C@@H](CC(C)C)C(=O)N1CCC[C@H]1C(=O)NCCCNc1cccc2c1C(=O)c1ccccc1C2=O. The molecule has 2 aromatic carbocycles. The lowest BCUT2D eigenvalue weighted by Crippen LogP contribution is -2.57. The van der Waals surface area contributed by atoms with Crippen molar-refractivity contribution in [2.75, 3.05) is 31.5 Å². The molecule has 6 atom stereocenters. The number of fused-ring (bicyclic) bond motifs is 2. The van der Waals surface area contributed by atoms with Crippen molar-refractivity contribution in [3.8, 4) is 0 Å². The zero-order valence-corrected chi connectivity index (χ0v) is 37.2. The van der Waals surface area contributed by atoms with Crippen LogP contribution in [0, 0.1) is 11.8 Å². The van der Waals surface area contributed by atoms with Gasteiger partial charge in [0.05, 0.1) is 18.2 Å². The van der Waals surface area contributed by atoms with Crippen LogP contribution in [-0.4, -0.2) is 120 Å². The number of likely N-dealkylation sites (tertiary alicyclic amines) is 1. The van der Waals surface area contributed by atoms with Gasteiger partial charge in [0, 0.05) is 42.0 Å². The van der Waals surface area contributed by atoms with E-state index in [1.165, 1.54) is 25.7 Å². The van der Waals surface area contributed by atoms with Gasteiger partial charge in [-0.2, -0.15) is 0 Å². The van der Waals surface area contributed by atoms with Gasteiger partial charge in [0.1, 0.15) is 30.2 Å². The summed E-state index contributed by atoms with van der Waals surface area (Å²) < 4.78 is 0. The highest BCUT2D eigenvalue weighted by atomic mass is 16.2. The van der Waals surface area contributed by atoms with Crippen molar-refractivity contribution < 1.29 is 43.2 Å². The van der Waals surface area contributed by atoms with Crippen molar-refractivity contribution in [3.05, 3.63) is 64.7 Å². The molecule has 0 radical (unpaired) electrons. The highest BCUT2D eigenvalue weighted by molar-refractivity contribution is 6.30. The smallest absolute Gasteiger partial charge is 0.245 e. The fraction of sp³-hybridized carbons (Fsp3) is 0.533. The molecule has 7 amide bonds. The molecule has 1 aliphatic carbocycles. The number of anilines is 1. The first-order valence-electron chi connectivity index (χ1n) is 21.7. The lowest BCUT2D eigenvalue weighted by atomic mass is 9.83. The zero-order chi connectivity index (χ0) is 46.5. The van der Waals surface area contributed by atoms with E-state index in [4.69, 9.17) is 5.73 Å². The molecule has 0 aromatic heterocycles. The maximum atomic E-state index is 13.9. The highest BCUT2D eigenvalue weighted by Crippen LogP contribution is 2.32. The number of ketones is 2. The Hall–Kier alpha value is -6.17. The first kappa shape index (κ1) is 49.5. The number of carbonyl (C=O) groups excluding carboxylic acids is 9. The van der Waals surface area contributed by atoms with E-state index in [2.05, 4.69) is 37.2 Å². The van der Waals surface area contributed by atoms with E-state index < -0.39 is 78.2 Å². The zero-order valence-electron chi connectivity index (χ0n) is 37.2. The lowest BCUT2D eigenvalue weighted by Gasteiger charge is -2.29. The van der Waals surface area contributed by atoms with Gasteiger partial charge in [-0.1, -0.05) is 64.1 Å². The van der Waals surface area contributed by atoms with Gasteiger partial charge >= 0.3 is 0 Å². The van der Waals surface area contributed by atoms with Gasteiger partial charge in [-0.05, 0) is 70.8 Å². The Bertz CT molecular complexity index is 2050. The molecule has 4 rings (SSSR count). The predicted octanol–water partition coefficient (Wildman–Crippen LogP) is 0.906. The van der Waals surface area contributed by atoms with Crippen molar-refractivity contribution in [2.45, 2.75) is 117 Å². The van der Waals surface area contributed by atoms with Crippen LogP contribution >= 0.6 is 0 Å². The maximum absolute atomic E-state index is 13.9. The average Bonchev–Trinajstić information content (AvgIpc) is 3.73. The molecule has 342 valence electrons. The number of hydrogen-bond donors (Lipinski definition) is 8. The number of hydrogen-bond acceptors (Lipinski definition) is 11. The van der Waals surface area contributed by atoms with Crippen LogP contribution in [0.1, 0.15) is 112 Å². The number of nitrogens with zero attached hydrogens (tertiary/aromatic N) is 1. The third-order valence-corrected chi connectivity index (χ3v) is 10.8. The van der Waals surface area contributed by atoms with Crippen molar-refractivity contribution >= 4 is 58.6 Å². The summed E-state index contributed by atoms with van der Waals surface area (Å²) in [6.45, 7) is 12.3. The van der Waals surface area contributed by atoms with Crippen molar-refractivity contribution in [1.29, 1.82) is 0 Å². The fourth-order valence-corrected chi connectivity index (χ4v) is 7.48. The molecule has 1 fully saturated rings. The summed E-state index contributed by atoms with van der Waals surface area (Å²) in [6, 6.07) is 6.20. The number of amides is 7. The number of nitrogens with two attached hydrogens (primary N) is 1. The lowest BCUT2D eigenvalue weighted by molar-refractivity contribution is -0.141. The minimum absolute atomic E-state index is 0.00815. The van der Waals surface area contributed by atoms with E-state index >= 15 is 0 Å². The molecule has 9 N–H and O–H groups in total. The molecule has 18 heteroatoms. The first-order chi connectivity index (χ1) is 29.8. The van der Waals surface area contributed by atoms with E-state index in [9.17, 15) is 43.2 Å². The normalized spacial score (nSPS) is 16.7. The molecule has 2 aromatic rings. The van der Waals surface area contributed by atoms with E-state index in [0.717, 1.165) is 0 Å². The van der Waals surface area contributed by atoms with Crippen LogP contribution in [0.4, 0.5) is 5.69 Å². The summed E-state index contributed by atoms with van der Waals surface area (Å²) >= 11 is 0. The Morgan fingerprint density at radius 1 is 0.667 bits per heavy atom. The second-order valence-corrected chi connectivity index (χ2v) is 17.1. The van der Waals surface area contributed by atoms with Crippen LogP contribution in [0.3, 0.4) is 0 Å². The molecule has 18 nitrogen and oxygen atoms in total. The summed E-state index contributed by atoms with van der Waals surface area (Å²) in [6.07, 6.45) is 2.02. The molecule has 0 spiro atoms. The second kappa shape index (κ2) is 22.8. The summed E-state index contributed by atoms with van der Waals surface area (Å²) in [7, 11) is 0. The third kappa shape index (κ3) is 13.4. The Labute approximate surface area is 368 Å². The maximum Gasteiger partial charge on any atom is 0.245 e. The molecule has 0 saturated carbocycles. The monoisotopic (exact) mass is 873 g/mol. The first-order valence-corrected chi connectivity index (χ1v) is 21.7. The van der Waals surface area contributed by atoms with Crippen molar-refractivity contribution in [3.63, 3.8) is 0 Å². The molecular weight excluding hydrogens is 811 g/mol. The number of benzene rings is 2. The summed E-state index contributed by atoms with van der Waals surface area (Å²) in [5.41, 5.74) is 7.47. The largest absolute Gasteiger partial charge is 0.384 e. The molecule has 63 heavy (non-hydrogen) atoms. The van der Waals surface area contributed by atoms with Crippen LogP contribution < -0.4 is 43.0 Å². The van der Waals surface area contributed by atoms with Gasteiger partial charge < -0.3 is 47.9 Å². The van der Waals surface area contributed by atoms with Gasteiger partial charge in [0.25, 0.3) is 0 Å². The molecule has 1 aliphatic heterocycles. The van der Waals surface area contributed by atoms with Crippen LogP contribution in [0.2, 0.25) is 0 Å². The second-order valence-electron chi connectivity index (χ2n) is 17.1. The van der Waals surface area contributed by atoms with Crippen LogP contribution in [-0.2, 0) is 33.6 Å². The standard InChI is InChI=1S/C45H63N9O9/c1-24(2)21-33(53-42(60)28(7)51-41(59)27(6)50-40(58)26(5)46)43(61)49-23-36(55)52-34(22-25(3)4)45(63)54-20-11-17-35(54)44(62)48-19-12-18-47-32-16-10-15-31-37(32)39(57)30-14-9-8-13-29(30)38(31)56/h8-10,13-16,24-28,33-35,47H,11-12,17-23,46H2,1-7H3,(H,48,62)(H,49,61)(H,50,58)(H,51,59)(H,52,55)(H,53,60)/t26-,27+,28+,33+,34+,35+/m1/s1. The summed E-state index contributed by atoms with van der Waals surface area (Å²) in [5.74, 6) is -4.33. The molecule has 1 saturated heterocycles. The van der Waals surface area contributed by atoms with E-state index in [1.807, 2.05) is 27.7 Å². The number of carbonyl (C=O) groups is 9. The Morgan fingerprint density at radius 3 is 1.89 bits per heavy atom. The molecular formula is C45H63N9O9. The van der Waals surface area contributed by atoms with E-state index in [0.29, 0.717) is 60.3 Å². The Kier molecular flexibility index (Phi) is 17.9. The summed E-state index contributed by atoms with van der Waals surface area (Å²) in [4.78, 5) is 119. The molecule has 0 unspecified atom stereocenters. The Morgan fingerprint density at radius 2 is 1.25 bits per heavy atom. The van der Waals surface area contributed by atoms with Gasteiger partial charge in [-0.3, -0.25) is 43.2 Å². The quantitative estimate of drug-likeness (QED) is 0.0698. The van der Waals surface area contributed by atoms with Crippen molar-refractivity contribution in [2.24, 2.45) is 17.6 Å². The highest BCUT2D eigenvalue weighted by Gasteiger charge is 2.38. The predicted molar refractivity (Wildman–Crippen MR) is 235 cm³/mol. The number of nitrogens with one attached hydrogen (secondary N) is 7. The van der Waals surface area contributed by atoms with Crippen LogP contribution in [0.15, 0.2) is 42.5 Å². The minimum Gasteiger partial charge on any atom is -0.384 e. The number of rotatable bonds is 21. The van der Waals surface area contributed by atoms with Gasteiger partial charge in [0.15, 0.2) is 11.6 Å². The van der Waals surface area contributed by atoms with Crippen LogP contribution in [0.25, 0.3) is 0 Å². The third-order valence-electron chi connectivity index (χ3n) is 10.8. The van der Waals surface area contributed by atoms with Gasteiger partial charge in [-0.15, -0.1) is 0 Å². The van der Waals surface area contributed by atoms with Gasteiger partial charge in [-0.25, -0.2) is 0 Å². The average molecular weight is 874 g/mol.